The summed E-state index contributed by atoms with van der Waals surface area (Å²) in [6.45, 7) is 2.32. The number of nitrogens with zero attached hydrogens (tertiary/aromatic N) is 1. The van der Waals surface area contributed by atoms with Crippen LogP contribution in [-0.2, 0) is 23.8 Å². The van der Waals surface area contributed by atoms with E-state index in [9.17, 15) is 14.9 Å². The highest BCUT2D eigenvalue weighted by atomic mass is 32.2. The van der Waals surface area contributed by atoms with Crippen molar-refractivity contribution in [3.05, 3.63) is 52.4 Å². The van der Waals surface area contributed by atoms with Crippen LogP contribution in [0.2, 0.25) is 0 Å². The first kappa shape index (κ1) is 24.0. The normalized spacial score (nSPS) is 22.4. The summed E-state index contributed by atoms with van der Waals surface area (Å²) in [5.74, 6) is -1.93. The van der Waals surface area contributed by atoms with Crippen molar-refractivity contribution in [3.63, 3.8) is 0 Å². The van der Waals surface area contributed by atoms with Crippen molar-refractivity contribution in [1.29, 1.82) is 5.26 Å². The second-order valence-corrected chi connectivity index (χ2v) is 8.59. The maximum Gasteiger partial charge on any atom is 0.344 e. The monoisotopic (exact) mass is 457 g/mol. The number of thioether (sulfide) groups is 1. The standard InChI is InChI=1S/C23H27N3O5S/c1-29-11-12-30-13-14-31-22(28)23(19(15-24)18-9-10-25-16-20(18)32-23)26-21(27)8-7-17-5-3-2-4-6-17/h2-8,19,25H,9-14,16H2,1H3,(H,26,27)/b8-7+. The number of amides is 1. The molecule has 1 aromatic rings. The van der Waals surface area contributed by atoms with Crippen molar-refractivity contribution >= 4 is 29.7 Å². The second-order valence-electron chi connectivity index (χ2n) is 7.25. The number of carbonyl (C=O) groups excluding carboxylic acids is 2. The fraction of sp³-hybridized carbons (Fsp3) is 0.435. The average molecular weight is 458 g/mol. The van der Waals surface area contributed by atoms with Crippen LogP contribution >= 0.6 is 11.8 Å². The zero-order chi connectivity index (χ0) is 22.8. The Bertz CT molecular complexity index is 912. The first-order valence-electron chi connectivity index (χ1n) is 10.4. The van der Waals surface area contributed by atoms with E-state index < -0.39 is 22.7 Å². The summed E-state index contributed by atoms with van der Waals surface area (Å²) in [7, 11) is 1.57. The molecule has 2 unspecified atom stereocenters. The van der Waals surface area contributed by atoms with Gasteiger partial charge in [0.25, 0.3) is 0 Å². The van der Waals surface area contributed by atoms with Crippen LogP contribution in [0.4, 0.5) is 0 Å². The Balaban J connectivity index is 1.74. The van der Waals surface area contributed by atoms with E-state index in [1.807, 2.05) is 30.3 Å². The van der Waals surface area contributed by atoms with Gasteiger partial charge in [0.2, 0.25) is 10.8 Å². The number of methoxy groups -OCH3 is 1. The molecule has 2 atom stereocenters. The molecule has 2 aliphatic rings. The third-order valence-corrected chi connectivity index (χ3v) is 6.59. The van der Waals surface area contributed by atoms with Crippen molar-refractivity contribution < 1.29 is 23.8 Å². The summed E-state index contributed by atoms with van der Waals surface area (Å²) in [5, 5.41) is 16.0. The molecule has 2 aliphatic heterocycles. The Morgan fingerprint density at radius 1 is 1.28 bits per heavy atom. The van der Waals surface area contributed by atoms with Crippen molar-refractivity contribution in [2.45, 2.75) is 11.3 Å². The number of benzene rings is 1. The van der Waals surface area contributed by atoms with Crippen LogP contribution < -0.4 is 10.6 Å². The van der Waals surface area contributed by atoms with Crippen LogP contribution in [0.5, 0.6) is 0 Å². The molecule has 0 radical (unpaired) electrons. The van der Waals surface area contributed by atoms with Crippen molar-refractivity contribution in [2.24, 2.45) is 5.92 Å². The maximum atomic E-state index is 13.2. The number of nitriles is 1. The molecule has 8 nitrogen and oxygen atoms in total. The molecule has 0 fully saturated rings. The van der Waals surface area contributed by atoms with Gasteiger partial charge in [0, 0.05) is 24.6 Å². The molecule has 0 saturated heterocycles. The molecule has 0 aromatic heterocycles. The largest absolute Gasteiger partial charge is 0.461 e. The summed E-state index contributed by atoms with van der Waals surface area (Å²) < 4.78 is 15.7. The fourth-order valence-corrected chi connectivity index (χ4v) is 5.09. The third kappa shape index (κ3) is 5.78. The van der Waals surface area contributed by atoms with Crippen LogP contribution in [0.3, 0.4) is 0 Å². The Hall–Kier alpha value is -2.64. The van der Waals surface area contributed by atoms with E-state index in [0.29, 0.717) is 26.2 Å². The molecule has 1 aromatic carbocycles. The number of hydrogen-bond donors (Lipinski definition) is 2. The Labute approximate surface area is 192 Å². The van der Waals surface area contributed by atoms with Crippen molar-refractivity contribution in [3.8, 4) is 6.07 Å². The van der Waals surface area contributed by atoms with Gasteiger partial charge in [-0.3, -0.25) is 4.79 Å². The number of nitrogens with one attached hydrogen (secondary N) is 2. The molecule has 9 heteroatoms. The molecule has 0 bridgehead atoms. The highest BCUT2D eigenvalue weighted by molar-refractivity contribution is 8.05. The maximum absolute atomic E-state index is 13.2. The van der Waals surface area contributed by atoms with E-state index >= 15 is 0 Å². The molecule has 2 N–H and O–H groups in total. The van der Waals surface area contributed by atoms with Gasteiger partial charge in [-0.2, -0.15) is 5.26 Å². The predicted octanol–water partition coefficient (Wildman–Crippen LogP) is 1.85. The van der Waals surface area contributed by atoms with Crippen LogP contribution in [0.15, 0.2) is 46.9 Å². The summed E-state index contributed by atoms with van der Waals surface area (Å²) in [6, 6.07) is 11.6. The lowest BCUT2D eigenvalue weighted by Crippen LogP contribution is -2.56. The quantitative estimate of drug-likeness (QED) is 0.311. The van der Waals surface area contributed by atoms with Gasteiger partial charge in [0.15, 0.2) is 0 Å². The van der Waals surface area contributed by atoms with E-state index in [1.165, 1.54) is 17.8 Å². The average Bonchev–Trinajstić information content (AvgIpc) is 3.14. The third-order valence-electron chi connectivity index (χ3n) is 5.11. The highest BCUT2D eigenvalue weighted by Gasteiger charge is 2.56. The minimum atomic E-state index is -1.53. The lowest BCUT2D eigenvalue weighted by atomic mass is 9.88. The van der Waals surface area contributed by atoms with E-state index in [2.05, 4.69) is 16.7 Å². The molecule has 170 valence electrons. The van der Waals surface area contributed by atoms with Gasteiger partial charge >= 0.3 is 5.97 Å². The number of hydrogen-bond acceptors (Lipinski definition) is 8. The zero-order valence-electron chi connectivity index (χ0n) is 18.0. The van der Waals surface area contributed by atoms with Gasteiger partial charge in [-0.25, -0.2) is 4.79 Å². The van der Waals surface area contributed by atoms with Crippen molar-refractivity contribution in [1.82, 2.24) is 10.6 Å². The van der Waals surface area contributed by atoms with Crippen LogP contribution in [0.25, 0.3) is 6.08 Å². The first-order valence-corrected chi connectivity index (χ1v) is 11.2. The molecule has 2 heterocycles. The summed E-state index contributed by atoms with van der Waals surface area (Å²) >= 11 is 1.20. The second kappa shape index (κ2) is 11.8. The van der Waals surface area contributed by atoms with Gasteiger partial charge < -0.3 is 24.8 Å². The first-order chi connectivity index (χ1) is 15.6. The van der Waals surface area contributed by atoms with Crippen LogP contribution in [-0.4, -0.2) is 63.4 Å². The van der Waals surface area contributed by atoms with Gasteiger partial charge in [0.05, 0.1) is 25.9 Å². The smallest absolute Gasteiger partial charge is 0.344 e. The number of ether oxygens (including phenoxy) is 3. The summed E-state index contributed by atoms with van der Waals surface area (Å²) in [4.78, 5) is 25.4. The van der Waals surface area contributed by atoms with Crippen LogP contribution in [0, 0.1) is 17.2 Å². The molecular weight excluding hydrogens is 430 g/mol. The topological polar surface area (TPSA) is 110 Å². The Kier molecular flexibility index (Phi) is 8.88. The molecule has 0 spiro atoms. The number of carbonyl (C=O) groups is 2. The van der Waals surface area contributed by atoms with Crippen LogP contribution in [0.1, 0.15) is 12.0 Å². The van der Waals surface area contributed by atoms with Crippen molar-refractivity contribution in [2.75, 3.05) is 46.6 Å². The molecule has 3 rings (SSSR count). The summed E-state index contributed by atoms with van der Waals surface area (Å²) in [6.07, 6.45) is 3.67. The van der Waals surface area contributed by atoms with Gasteiger partial charge in [-0.15, -0.1) is 0 Å². The van der Waals surface area contributed by atoms with E-state index in [0.717, 1.165) is 22.6 Å². The molecule has 1 amide bonds. The van der Waals surface area contributed by atoms with Gasteiger partial charge in [-0.05, 0) is 30.2 Å². The minimum Gasteiger partial charge on any atom is -0.461 e. The predicted molar refractivity (Wildman–Crippen MR) is 121 cm³/mol. The molecule has 32 heavy (non-hydrogen) atoms. The minimum absolute atomic E-state index is 0.0155. The fourth-order valence-electron chi connectivity index (χ4n) is 3.57. The Morgan fingerprint density at radius 2 is 2.06 bits per heavy atom. The molecule has 0 saturated carbocycles. The highest BCUT2D eigenvalue weighted by Crippen LogP contribution is 2.51. The lowest BCUT2D eigenvalue weighted by Gasteiger charge is -2.30. The van der Waals surface area contributed by atoms with E-state index in [1.54, 1.807) is 13.2 Å². The lowest BCUT2D eigenvalue weighted by molar-refractivity contribution is -0.151. The number of rotatable bonds is 10. The van der Waals surface area contributed by atoms with Gasteiger partial charge in [-0.1, -0.05) is 42.1 Å². The zero-order valence-corrected chi connectivity index (χ0v) is 18.8. The number of esters is 1. The Morgan fingerprint density at radius 3 is 2.81 bits per heavy atom. The van der Waals surface area contributed by atoms with Gasteiger partial charge in [0.1, 0.15) is 12.5 Å². The van der Waals surface area contributed by atoms with E-state index in [-0.39, 0.29) is 13.2 Å². The molecular formula is C23H27N3O5S. The SMILES string of the molecule is COCCOCCOC(=O)C1(NC(=O)/C=C/c2ccccc2)SC2=C(CCNC2)C1C#N. The summed E-state index contributed by atoms with van der Waals surface area (Å²) in [5.41, 5.74) is 1.74. The van der Waals surface area contributed by atoms with E-state index in [4.69, 9.17) is 14.2 Å². The molecule has 0 aliphatic carbocycles.